The van der Waals surface area contributed by atoms with E-state index in [0.717, 1.165) is 16.9 Å². The van der Waals surface area contributed by atoms with Gasteiger partial charge in [-0.3, -0.25) is 4.79 Å². The first-order valence-corrected chi connectivity index (χ1v) is 6.74. The second-order valence-corrected chi connectivity index (χ2v) is 5.05. The molecule has 1 aliphatic heterocycles. The molecule has 0 bridgehead atoms. The van der Waals surface area contributed by atoms with Crippen molar-refractivity contribution in [1.82, 2.24) is 0 Å². The summed E-state index contributed by atoms with van der Waals surface area (Å²) < 4.78 is 11.0. The average Bonchev–Trinajstić information content (AvgIpc) is 2.46. The molecule has 0 saturated carbocycles. The van der Waals surface area contributed by atoms with Gasteiger partial charge in [0.1, 0.15) is 18.1 Å². The molecule has 1 aliphatic rings. The molecule has 0 N–H and O–H groups in total. The van der Waals surface area contributed by atoms with Gasteiger partial charge in [-0.25, -0.2) is 0 Å². The molecule has 1 atom stereocenters. The Balaban J connectivity index is 1.76. The molecule has 0 fully saturated rings. The largest absolute Gasteiger partial charge is 0.489 e. The summed E-state index contributed by atoms with van der Waals surface area (Å²) in [6.07, 6.45) is 0.426. The Kier molecular flexibility index (Phi) is 3.42. The average molecular weight is 268 g/mol. The second kappa shape index (κ2) is 5.37. The van der Waals surface area contributed by atoms with Crippen LogP contribution in [0.4, 0.5) is 0 Å². The normalized spacial score (nSPS) is 17.2. The van der Waals surface area contributed by atoms with Gasteiger partial charge in [-0.1, -0.05) is 37.3 Å². The van der Waals surface area contributed by atoms with Crippen LogP contribution < -0.4 is 9.47 Å². The Bertz CT molecular complexity index is 619. The molecule has 0 aromatic heterocycles. The molecule has 102 valence electrons. The van der Waals surface area contributed by atoms with Crippen LogP contribution in [0.5, 0.6) is 11.5 Å². The van der Waals surface area contributed by atoms with Crippen LogP contribution >= 0.6 is 0 Å². The Hall–Kier alpha value is -2.29. The van der Waals surface area contributed by atoms with Gasteiger partial charge in [0.2, 0.25) is 0 Å². The molecule has 0 aliphatic carbocycles. The van der Waals surface area contributed by atoms with E-state index in [9.17, 15) is 4.79 Å². The van der Waals surface area contributed by atoms with Crippen molar-refractivity contribution in [2.75, 3.05) is 0 Å². The summed E-state index contributed by atoms with van der Waals surface area (Å²) in [6.45, 7) is 2.56. The van der Waals surface area contributed by atoms with Gasteiger partial charge >= 0.3 is 5.97 Å². The van der Waals surface area contributed by atoms with Gasteiger partial charge in [0.25, 0.3) is 0 Å². The lowest BCUT2D eigenvalue weighted by molar-refractivity contribution is -0.135. The zero-order valence-corrected chi connectivity index (χ0v) is 11.3. The molecule has 1 heterocycles. The molecule has 20 heavy (non-hydrogen) atoms. The van der Waals surface area contributed by atoms with E-state index < -0.39 is 0 Å². The van der Waals surface area contributed by atoms with Crippen LogP contribution in [0.25, 0.3) is 0 Å². The number of hydrogen-bond donors (Lipinski definition) is 0. The molecule has 2 aromatic carbocycles. The van der Waals surface area contributed by atoms with Crippen molar-refractivity contribution >= 4 is 5.97 Å². The van der Waals surface area contributed by atoms with E-state index in [0.29, 0.717) is 18.8 Å². The van der Waals surface area contributed by atoms with Crippen molar-refractivity contribution in [2.24, 2.45) is 0 Å². The van der Waals surface area contributed by atoms with Gasteiger partial charge in [0.15, 0.2) is 0 Å². The second-order valence-electron chi connectivity index (χ2n) is 5.05. The van der Waals surface area contributed by atoms with Crippen LogP contribution in [0, 0.1) is 0 Å². The number of esters is 1. The van der Waals surface area contributed by atoms with Crippen molar-refractivity contribution in [3.8, 4) is 11.5 Å². The first-order chi connectivity index (χ1) is 9.72. The zero-order valence-electron chi connectivity index (χ0n) is 11.3. The molecule has 0 radical (unpaired) electrons. The first kappa shape index (κ1) is 12.7. The summed E-state index contributed by atoms with van der Waals surface area (Å²) in [6, 6.07) is 15.6. The topological polar surface area (TPSA) is 35.5 Å². The minimum Gasteiger partial charge on any atom is -0.489 e. The summed E-state index contributed by atoms with van der Waals surface area (Å²) in [5, 5.41) is 0. The highest BCUT2D eigenvalue weighted by Crippen LogP contribution is 2.36. The lowest BCUT2D eigenvalue weighted by Crippen LogP contribution is -2.18. The third kappa shape index (κ3) is 2.67. The smallest absolute Gasteiger partial charge is 0.311 e. The number of ether oxygens (including phenoxy) is 2. The van der Waals surface area contributed by atoms with Crippen LogP contribution in [0.15, 0.2) is 48.5 Å². The van der Waals surface area contributed by atoms with E-state index in [1.165, 1.54) is 0 Å². The van der Waals surface area contributed by atoms with Crippen LogP contribution in [-0.4, -0.2) is 5.97 Å². The Morgan fingerprint density at radius 3 is 2.80 bits per heavy atom. The number of carbonyl (C=O) groups excluding carboxylic acids is 1. The first-order valence-electron chi connectivity index (χ1n) is 6.74. The third-order valence-electron chi connectivity index (χ3n) is 3.46. The number of rotatable bonds is 3. The van der Waals surface area contributed by atoms with Crippen molar-refractivity contribution < 1.29 is 14.3 Å². The number of hydrogen-bond acceptors (Lipinski definition) is 3. The molecule has 0 amide bonds. The maximum atomic E-state index is 11.4. The fourth-order valence-electron chi connectivity index (χ4n) is 2.36. The number of fused-ring (bicyclic) bond motifs is 1. The maximum absolute atomic E-state index is 11.4. The number of carbonyl (C=O) groups is 1. The van der Waals surface area contributed by atoms with Gasteiger partial charge in [0, 0.05) is 5.56 Å². The molecular weight excluding hydrogens is 252 g/mol. The fourth-order valence-corrected chi connectivity index (χ4v) is 2.36. The lowest BCUT2D eigenvalue weighted by Gasteiger charge is -2.22. The van der Waals surface area contributed by atoms with Gasteiger partial charge < -0.3 is 9.47 Å². The van der Waals surface area contributed by atoms with Crippen LogP contribution in [0.2, 0.25) is 0 Å². The van der Waals surface area contributed by atoms with Gasteiger partial charge in [0.05, 0.1) is 6.42 Å². The van der Waals surface area contributed by atoms with E-state index in [1.54, 1.807) is 0 Å². The molecule has 1 unspecified atom stereocenters. The van der Waals surface area contributed by atoms with E-state index in [-0.39, 0.29) is 11.9 Å². The highest BCUT2D eigenvalue weighted by atomic mass is 16.5. The number of benzene rings is 2. The van der Waals surface area contributed by atoms with E-state index in [1.807, 2.05) is 55.5 Å². The monoisotopic (exact) mass is 268 g/mol. The van der Waals surface area contributed by atoms with Crippen LogP contribution in [0.1, 0.15) is 30.4 Å². The molecule has 3 heteroatoms. The summed E-state index contributed by atoms with van der Waals surface area (Å²) in [7, 11) is 0. The SMILES string of the molecule is CC1CC(=O)Oc2ccc(OCc3ccccc3)cc21. The Labute approximate surface area is 118 Å². The molecule has 3 nitrogen and oxygen atoms in total. The van der Waals surface area contributed by atoms with E-state index in [4.69, 9.17) is 9.47 Å². The summed E-state index contributed by atoms with van der Waals surface area (Å²) >= 11 is 0. The predicted octanol–water partition coefficient (Wildman–Crippen LogP) is 3.68. The zero-order chi connectivity index (χ0) is 13.9. The summed E-state index contributed by atoms with van der Waals surface area (Å²) in [5.41, 5.74) is 2.17. The van der Waals surface area contributed by atoms with Crippen molar-refractivity contribution in [2.45, 2.75) is 25.9 Å². The minimum absolute atomic E-state index is 0.164. The summed E-state index contributed by atoms with van der Waals surface area (Å²) in [4.78, 5) is 11.4. The Morgan fingerprint density at radius 2 is 2.00 bits per heavy atom. The quantitative estimate of drug-likeness (QED) is 0.629. The minimum atomic E-state index is -0.164. The molecule has 0 spiro atoms. The highest BCUT2D eigenvalue weighted by molar-refractivity contribution is 5.76. The standard InChI is InChI=1S/C17H16O3/c1-12-9-17(18)20-16-8-7-14(10-15(12)16)19-11-13-5-3-2-4-6-13/h2-8,10,12H,9,11H2,1H3. The van der Waals surface area contributed by atoms with E-state index >= 15 is 0 Å². The molecule has 3 rings (SSSR count). The van der Waals surface area contributed by atoms with E-state index in [2.05, 4.69) is 0 Å². The van der Waals surface area contributed by atoms with Gasteiger partial charge in [-0.2, -0.15) is 0 Å². The third-order valence-corrected chi connectivity index (χ3v) is 3.46. The van der Waals surface area contributed by atoms with Gasteiger partial charge in [-0.05, 0) is 29.7 Å². The van der Waals surface area contributed by atoms with Crippen molar-refractivity contribution in [3.05, 3.63) is 59.7 Å². The van der Waals surface area contributed by atoms with Crippen LogP contribution in [-0.2, 0) is 11.4 Å². The van der Waals surface area contributed by atoms with Crippen molar-refractivity contribution in [3.63, 3.8) is 0 Å². The highest BCUT2D eigenvalue weighted by Gasteiger charge is 2.24. The fraction of sp³-hybridized carbons (Fsp3) is 0.235. The maximum Gasteiger partial charge on any atom is 0.311 e. The lowest BCUT2D eigenvalue weighted by atomic mass is 9.94. The Morgan fingerprint density at radius 1 is 1.20 bits per heavy atom. The molecule has 0 saturated heterocycles. The molecular formula is C17H16O3. The van der Waals surface area contributed by atoms with Gasteiger partial charge in [-0.15, -0.1) is 0 Å². The van der Waals surface area contributed by atoms with Crippen molar-refractivity contribution in [1.29, 1.82) is 0 Å². The molecule has 2 aromatic rings. The van der Waals surface area contributed by atoms with Crippen LogP contribution in [0.3, 0.4) is 0 Å². The summed E-state index contributed by atoms with van der Waals surface area (Å²) in [5.74, 6) is 1.47. The predicted molar refractivity (Wildman–Crippen MR) is 75.9 cm³/mol.